The predicted octanol–water partition coefficient (Wildman–Crippen LogP) is 3.62. The van der Waals surface area contributed by atoms with Crippen LogP contribution >= 0.6 is 0 Å². The number of phenols is 1. The van der Waals surface area contributed by atoms with Crippen LogP contribution in [0.5, 0.6) is 5.75 Å². The first-order valence-electron chi connectivity index (χ1n) is 8.46. The summed E-state index contributed by atoms with van der Waals surface area (Å²) in [6, 6.07) is 7.21. The van der Waals surface area contributed by atoms with Gasteiger partial charge in [-0.2, -0.15) is 0 Å². The molecule has 1 saturated carbocycles. The number of aromatic hydroxyl groups is 1. The van der Waals surface area contributed by atoms with Crippen molar-refractivity contribution in [2.45, 2.75) is 45.6 Å². The molecule has 0 aliphatic heterocycles. The van der Waals surface area contributed by atoms with Crippen LogP contribution in [0, 0.1) is 5.41 Å². The molecule has 1 aromatic rings. The number of carbonyl (C=O) groups excluding carboxylic acids is 1. The third-order valence-corrected chi connectivity index (χ3v) is 6.19. The molecular formula is C21H22O3. The molecule has 3 aliphatic rings. The van der Waals surface area contributed by atoms with Gasteiger partial charge in [0, 0.05) is 11.0 Å². The highest BCUT2D eigenvalue weighted by Gasteiger charge is 2.64. The van der Waals surface area contributed by atoms with Gasteiger partial charge < -0.3 is 10.2 Å². The van der Waals surface area contributed by atoms with E-state index in [-0.39, 0.29) is 16.9 Å². The molecule has 124 valence electrons. The van der Waals surface area contributed by atoms with E-state index in [4.69, 9.17) is 0 Å². The predicted molar refractivity (Wildman–Crippen MR) is 92.6 cm³/mol. The maximum Gasteiger partial charge on any atom is 0.195 e. The van der Waals surface area contributed by atoms with Crippen LogP contribution in [0.2, 0.25) is 0 Å². The van der Waals surface area contributed by atoms with Gasteiger partial charge in [0.15, 0.2) is 5.78 Å². The molecule has 0 aromatic heterocycles. The van der Waals surface area contributed by atoms with Gasteiger partial charge in [-0.1, -0.05) is 17.7 Å². The highest BCUT2D eigenvalue weighted by Crippen LogP contribution is 2.65. The second-order valence-corrected chi connectivity index (χ2v) is 7.55. The van der Waals surface area contributed by atoms with Crippen molar-refractivity contribution >= 4 is 5.78 Å². The van der Waals surface area contributed by atoms with E-state index in [2.05, 4.69) is 6.92 Å². The second-order valence-electron chi connectivity index (χ2n) is 7.55. The topological polar surface area (TPSA) is 57.5 Å². The first kappa shape index (κ1) is 15.4. The van der Waals surface area contributed by atoms with Crippen LogP contribution in [0.3, 0.4) is 0 Å². The van der Waals surface area contributed by atoms with E-state index >= 15 is 0 Å². The standard InChI is InChI=1S/C21H22O3/c1-12-10-17-18(16(12)11-14-4-6-15(22)7-5-14)13(2)21(8-9-21)20(3,24)19(17)23/h4-7,10,22,24H,8-9,11H2,1-3H3/t20-/m0/s1. The van der Waals surface area contributed by atoms with E-state index in [0.29, 0.717) is 5.57 Å². The first-order chi connectivity index (χ1) is 11.3. The van der Waals surface area contributed by atoms with E-state index in [0.717, 1.165) is 41.5 Å². The van der Waals surface area contributed by atoms with E-state index in [1.807, 2.05) is 25.1 Å². The normalized spacial score (nSPS) is 27.7. The number of rotatable bonds is 2. The van der Waals surface area contributed by atoms with Crippen molar-refractivity contribution in [1.82, 2.24) is 0 Å². The largest absolute Gasteiger partial charge is 0.508 e. The Kier molecular flexibility index (Phi) is 3.02. The number of Topliss-reactive ketones (excluding diaryl/α,β-unsaturated/α-hetero) is 1. The summed E-state index contributed by atoms with van der Waals surface area (Å²) in [4.78, 5) is 12.9. The molecule has 3 heteroatoms. The van der Waals surface area contributed by atoms with Gasteiger partial charge in [0.1, 0.15) is 11.4 Å². The Balaban J connectivity index is 1.80. The van der Waals surface area contributed by atoms with Crippen LogP contribution in [0.4, 0.5) is 0 Å². The summed E-state index contributed by atoms with van der Waals surface area (Å²) >= 11 is 0. The Labute approximate surface area is 142 Å². The number of carbonyl (C=O) groups is 1. The van der Waals surface area contributed by atoms with Gasteiger partial charge in [0.05, 0.1) is 0 Å². The Morgan fingerprint density at radius 3 is 2.33 bits per heavy atom. The summed E-state index contributed by atoms with van der Waals surface area (Å²) in [6.45, 7) is 5.78. The lowest BCUT2D eigenvalue weighted by molar-refractivity contribution is -0.137. The molecule has 0 heterocycles. The zero-order valence-electron chi connectivity index (χ0n) is 14.3. The van der Waals surface area contributed by atoms with Crippen LogP contribution in [-0.4, -0.2) is 21.6 Å². The van der Waals surface area contributed by atoms with Crippen molar-refractivity contribution in [3.63, 3.8) is 0 Å². The summed E-state index contributed by atoms with van der Waals surface area (Å²) in [7, 11) is 0. The Bertz CT molecular complexity index is 844. The number of allylic oxidation sites excluding steroid dienone is 4. The van der Waals surface area contributed by atoms with Crippen molar-refractivity contribution in [2.75, 3.05) is 0 Å². The minimum Gasteiger partial charge on any atom is -0.508 e. The van der Waals surface area contributed by atoms with E-state index < -0.39 is 5.60 Å². The van der Waals surface area contributed by atoms with Crippen LogP contribution in [0.1, 0.15) is 39.2 Å². The molecule has 1 spiro atoms. The van der Waals surface area contributed by atoms with E-state index in [1.54, 1.807) is 19.1 Å². The fraction of sp³-hybridized carbons (Fsp3) is 0.381. The molecule has 2 N–H and O–H groups in total. The number of benzene rings is 1. The molecule has 0 radical (unpaired) electrons. The molecule has 1 fully saturated rings. The summed E-state index contributed by atoms with van der Waals surface area (Å²) in [5.41, 5.74) is 4.58. The number of hydrogen-bond donors (Lipinski definition) is 2. The molecule has 0 amide bonds. The third kappa shape index (κ3) is 1.85. The van der Waals surface area contributed by atoms with Gasteiger partial charge in [0.2, 0.25) is 0 Å². The maximum atomic E-state index is 12.9. The molecule has 0 unspecified atom stereocenters. The van der Waals surface area contributed by atoms with Gasteiger partial charge in [-0.05, 0) is 80.5 Å². The van der Waals surface area contributed by atoms with E-state index in [9.17, 15) is 15.0 Å². The smallest absolute Gasteiger partial charge is 0.195 e. The SMILES string of the molecule is CC1=C(Cc2ccc(O)cc2)C2=C(C)C3(CC3)[C@@](C)(O)C(=O)C2=C1. The molecule has 3 nitrogen and oxygen atoms in total. The van der Waals surface area contributed by atoms with Gasteiger partial charge >= 0.3 is 0 Å². The van der Waals surface area contributed by atoms with Gasteiger partial charge in [-0.15, -0.1) is 0 Å². The number of hydrogen-bond acceptors (Lipinski definition) is 3. The first-order valence-corrected chi connectivity index (χ1v) is 8.46. The molecule has 3 aliphatic carbocycles. The van der Waals surface area contributed by atoms with Crippen molar-refractivity contribution in [3.8, 4) is 5.75 Å². The fourth-order valence-corrected chi connectivity index (χ4v) is 4.46. The molecule has 0 bridgehead atoms. The molecular weight excluding hydrogens is 300 g/mol. The van der Waals surface area contributed by atoms with Crippen LogP contribution in [0.15, 0.2) is 58.2 Å². The Hall–Kier alpha value is -2.13. The molecule has 1 aromatic carbocycles. The molecule has 4 rings (SSSR count). The summed E-state index contributed by atoms with van der Waals surface area (Å²) < 4.78 is 0. The average Bonchev–Trinajstić information content (AvgIpc) is 3.29. The van der Waals surface area contributed by atoms with Crippen LogP contribution in [0.25, 0.3) is 0 Å². The lowest BCUT2D eigenvalue weighted by atomic mass is 9.67. The number of ketones is 1. The summed E-state index contributed by atoms with van der Waals surface area (Å²) in [5.74, 6) is 0.117. The maximum absolute atomic E-state index is 12.9. The van der Waals surface area contributed by atoms with Crippen molar-refractivity contribution in [3.05, 3.63) is 63.8 Å². The van der Waals surface area contributed by atoms with Gasteiger partial charge in [-0.3, -0.25) is 4.79 Å². The van der Waals surface area contributed by atoms with Crippen molar-refractivity contribution in [2.24, 2.45) is 5.41 Å². The minimum atomic E-state index is -1.29. The van der Waals surface area contributed by atoms with Crippen LogP contribution in [-0.2, 0) is 11.2 Å². The zero-order valence-corrected chi connectivity index (χ0v) is 14.3. The van der Waals surface area contributed by atoms with Crippen molar-refractivity contribution in [1.29, 1.82) is 0 Å². The summed E-state index contributed by atoms with van der Waals surface area (Å²) in [6.07, 6.45) is 4.41. The number of aliphatic hydroxyl groups is 1. The monoisotopic (exact) mass is 322 g/mol. The van der Waals surface area contributed by atoms with Crippen molar-refractivity contribution < 1.29 is 15.0 Å². The Morgan fingerprint density at radius 1 is 1.12 bits per heavy atom. The van der Waals surface area contributed by atoms with Crippen LogP contribution < -0.4 is 0 Å². The fourth-order valence-electron chi connectivity index (χ4n) is 4.46. The molecule has 24 heavy (non-hydrogen) atoms. The lowest BCUT2D eigenvalue weighted by Crippen LogP contribution is -2.49. The highest BCUT2D eigenvalue weighted by molar-refractivity contribution is 6.10. The lowest BCUT2D eigenvalue weighted by Gasteiger charge is -2.39. The summed E-state index contributed by atoms with van der Waals surface area (Å²) in [5, 5.41) is 20.3. The van der Waals surface area contributed by atoms with Gasteiger partial charge in [0.25, 0.3) is 0 Å². The Morgan fingerprint density at radius 2 is 1.75 bits per heavy atom. The van der Waals surface area contributed by atoms with Gasteiger partial charge in [-0.25, -0.2) is 0 Å². The highest BCUT2D eigenvalue weighted by atomic mass is 16.3. The zero-order chi connectivity index (χ0) is 17.3. The van der Waals surface area contributed by atoms with E-state index in [1.165, 1.54) is 5.57 Å². The quantitative estimate of drug-likeness (QED) is 0.874. The third-order valence-electron chi connectivity index (χ3n) is 6.19. The molecule has 0 saturated heterocycles. The second kappa shape index (κ2) is 4.70. The average molecular weight is 322 g/mol. The minimum absolute atomic E-state index is 0.138. The molecule has 1 atom stereocenters. The number of phenolic OH excluding ortho intramolecular Hbond substituents is 1. The number of fused-ring (bicyclic) bond motifs is 1.